The molecule has 1 aliphatic rings. The maximum atomic E-state index is 13.2. The van der Waals surface area contributed by atoms with E-state index in [0.29, 0.717) is 35.8 Å². The van der Waals surface area contributed by atoms with Crippen molar-refractivity contribution in [1.29, 1.82) is 0 Å². The number of rotatable bonds is 9. The lowest BCUT2D eigenvalue weighted by atomic mass is 9.95. The molecule has 3 aromatic rings. The van der Waals surface area contributed by atoms with E-state index in [1.54, 1.807) is 31.4 Å². The Balaban J connectivity index is 1.50. The average molecular weight is 476 g/mol. The molecule has 0 fully saturated rings. The van der Waals surface area contributed by atoms with Gasteiger partial charge in [0, 0.05) is 24.8 Å². The Labute approximate surface area is 204 Å². The number of carbonyl (C=O) groups excluding carboxylic acids is 1. The topological polar surface area (TPSA) is 94.1 Å². The van der Waals surface area contributed by atoms with Gasteiger partial charge in [0.1, 0.15) is 11.3 Å². The van der Waals surface area contributed by atoms with E-state index in [4.69, 9.17) is 14.2 Å². The first-order valence-electron chi connectivity index (χ1n) is 11.4. The van der Waals surface area contributed by atoms with Crippen LogP contribution in [-0.4, -0.2) is 43.3 Å². The minimum Gasteiger partial charge on any atom is -0.497 e. The van der Waals surface area contributed by atoms with E-state index >= 15 is 0 Å². The van der Waals surface area contributed by atoms with Gasteiger partial charge in [0.05, 0.1) is 20.8 Å². The van der Waals surface area contributed by atoms with Gasteiger partial charge in [-0.25, -0.2) is 4.79 Å². The summed E-state index contributed by atoms with van der Waals surface area (Å²) in [5.41, 5.74) is 2.92. The first-order valence-corrected chi connectivity index (χ1v) is 11.4. The van der Waals surface area contributed by atoms with E-state index < -0.39 is 17.4 Å². The highest BCUT2D eigenvalue weighted by Crippen LogP contribution is 2.34. The maximum absolute atomic E-state index is 13.2. The predicted molar refractivity (Wildman–Crippen MR) is 132 cm³/mol. The molecule has 0 radical (unpaired) electrons. The molecule has 7 heteroatoms. The Kier molecular flexibility index (Phi) is 6.96. The van der Waals surface area contributed by atoms with Crippen LogP contribution in [0.25, 0.3) is 0 Å². The second kappa shape index (κ2) is 10.1. The van der Waals surface area contributed by atoms with Crippen molar-refractivity contribution in [2.75, 3.05) is 20.8 Å². The summed E-state index contributed by atoms with van der Waals surface area (Å²) in [4.78, 5) is 25.5. The molecule has 0 saturated heterocycles. The zero-order valence-electron chi connectivity index (χ0n) is 20.1. The molecule has 4 rings (SSSR count). The van der Waals surface area contributed by atoms with E-state index in [-0.39, 0.29) is 12.8 Å². The molecule has 182 valence electrons. The monoisotopic (exact) mass is 475 g/mol. The lowest BCUT2D eigenvalue weighted by Crippen LogP contribution is -2.55. The molecule has 35 heavy (non-hydrogen) atoms. The molecule has 1 amide bonds. The molecule has 7 nitrogen and oxygen atoms in total. The third-order valence-corrected chi connectivity index (χ3v) is 6.32. The second-order valence-electron chi connectivity index (χ2n) is 8.78. The number of carbonyl (C=O) groups is 2. The van der Waals surface area contributed by atoms with Crippen molar-refractivity contribution in [3.63, 3.8) is 0 Å². The van der Waals surface area contributed by atoms with Crippen molar-refractivity contribution in [1.82, 2.24) is 5.32 Å². The predicted octanol–water partition coefficient (Wildman–Crippen LogP) is 3.99. The van der Waals surface area contributed by atoms with Gasteiger partial charge in [0.2, 0.25) is 0 Å². The molecule has 0 aliphatic heterocycles. The number of amides is 1. The summed E-state index contributed by atoms with van der Waals surface area (Å²) in [6.07, 6.45) is 1.07. The lowest BCUT2D eigenvalue weighted by molar-refractivity contribution is -0.144. The highest BCUT2D eigenvalue weighted by molar-refractivity contribution is 5.99. The minimum absolute atomic E-state index is 0.177. The van der Waals surface area contributed by atoms with Gasteiger partial charge >= 0.3 is 5.97 Å². The van der Waals surface area contributed by atoms with Crippen LogP contribution in [0, 0.1) is 6.92 Å². The van der Waals surface area contributed by atoms with Crippen LogP contribution in [-0.2, 0) is 24.1 Å². The molecule has 1 aliphatic carbocycles. The fourth-order valence-electron chi connectivity index (χ4n) is 4.44. The molecular formula is C28H29NO6. The van der Waals surface area contributed by atoms with Crippen molar-refractivity contribution in [2.24, 2.45) is 0 Å². The molecule has 2 N–H and O–H groups in total. The van der Waals surface area contributed by atoms with Gasteiger partial charge in [0.25, 0.3) is 5.91 Å². The summed E-state index contributed by atoms with van der Waals surface area (Å²) in [6.45, 7) is 2.44. The van der Waals surface area contributed by atoms with Crippen LogP contribution >= 0.6 is 0 Å². The Morgan fingerprint density at radius 3 is 2.46 bits per heavy atom. The number of carboxylic acid groups (broad SMARTS) is 1. The summed E-state index contributed by atoms with van der Waals surface area (Å²) in [6, 6.07) is 18.5. The molecule has 0 saturated carbocycles. The number of ether oxygens (including phenoxy) is 3. The van der Waals surface area contributed by atoms with Crippen molar-refractivity contribution in [3.05, 3.63) is 88.5 Å². The van der Waals surface area contributed by atoms with Gasteiger partial charge in [-0.05, 0) is 53.9 Å². The zero-order chi connectivity index (χ0) is 25.0. The maximum Gasteiger partial charge on any atom is 0.330 e. The standard InChI is InChI=1S/C28H29NO6/c1-18-5-4-6-19(13-18)11-12-35-25-15-20(8-10-24(25)34-3)26(30)29-28(27(31)32)16-21-7-9-23(33-2)14-22(21)17-28/h4-10,13-15H,11-12,16-17H2,1-3H3,(H,29,30)(H,31,32). The number of carboxylic acids is 1. The molecule has 0 aromatic heterocycles. The number of nitrogens with one attached hydrogen (secondary N) is 1. The number of methoxy groups -OCH3 is 2. The highest BCUT2D eigenvalue weighted by atomic mass is 16.5. The molecule has 1 unspecified atom stereocenters. The Hall–Kier alpha value is -4.00. The molecule has 0 bridgehead atoms. The SMILES string of the molecule is COc1ccc2c(c1)CC(NC(=O)c1ccc(OC)c(OCCc3cccc(C)c3)c1)(C(=O)O)C2. The lowest BCUT2D eigenvalue weighted by Gasteiger charge is -2.25. The fourth-order valence-corrected chi connectivity index (χ4v) is 4.44. The number of hydrogen-bond donors (Lipinski definition) is 2. The van der Waals surface area contributed by atoms with Crippen LogP contribution in [0.4, 0.5) is 0 Å². The Morgan fingerprint density at radius 1 is 0.943 bits per heavy atom. The van der Waals surface area contributed by atoms with Gasteiger partial charge < -0.3 is 24.6 Å². The quantitative estimate of drug-likeness (QED) is 0.486. The van der Waals surface area contributed by atoms with Crippen molar-refractivity contribution >= 4 is 11.9 Å². The molecule has 1 atom stereocenters. The molecule has 0 heterocycles. The first-order chi connectivity index (χ1) is 16.8. The second-order valence-corrected chi connectivity index (χ2v) is 8.78. The van der Waals surface area contributed by atoms with Gasteiger partial charge in [-0.2, -0.15) is 0 Å². The Bertz CT molecular complexity index is 1250. The van der Waals surface area contributed by atoms with Gasteiger partial charge in [-0.15, -0.1) is 0 Å². The van der Waals surface area contributed by atoms with Crippen LogP contribution in [0.2, 0.25) is 0 Å². The van der Waals surface area contributed by atoms with Gasteiger partial charge in [-0.3, -0.25) is 4.79 Å². The molecule has 0 spiro atoms. The summed E-state index contributed by atoms with van der Waals surface area (Å²) in [5.74, 6) is 0.0112. The highest BCUT2D eigenvalue weighted by Gasteiger charge is 2.45. The summed E-state index contributed by atoms with van der Waals surface area (Å²) in [5, 5.41) is 12.8. The largest absolute Gasteiger partial charge is 0.497 e. The normalized spacial score (nSPS) is 16.3. The van der Waals surface area contributed by atoms with Crippen molar-refractivity contribution in [2.45, 2.75) is 31.7 Å². The van der Waals surface area contributed by atoms with E-state index in [9.17, 15) is 14.7 Å². The number of aliphatic carboxylic acids is 1. The number of hydrogen-bond acceptors (Lipinski definition) is 5. The first kappa shape index (κ1) is 24.1. The van der Waals surface area contributed by atoms with Crippen LogP contribution in [0.1, 0.15) is 32.6 Å². The summed E-state index contributed by atoms with van der Waals surface area (Å²) >= 11 is 0. The van der Waals surface area contributed by atoms with E-state index in [0.717, 1.165) is 16.7 Å². The van der Waals surface area contributed by atoms with E-state index in [2.05, 4.69) is 11.4 Å². The number of benzene rings is 3. The Morgan fingerprint density at radius 2 is 1.74 bits per heavy atom. The van der Waals surface area contributed by atoms with Crippen molar-refractivity contribution in [3.8, 4) is 17.2 Å². The summed E-state index contributed by atoms with van der Waals surface area (Å²) in [7, 11) is 3.10. The fraction of sp³-hybridized carbons (Fsp3) is 0.286. The average Bonchev–Trinajstić information content (AvgIpc) is 3.22. The number of aryl methyl sites for hydroxylation is 1. The van der Waals surface area contributed by atoms with Gasteiger partial charge in [-0.1, -0.05) is 35.9 Å². The van der Waals surface area contributed by atoms with E-state index in [1.165, 1.54) is 12.7 Å². The van der Waals surface area contributed by atoms with Crippen LogP contribution in [0.3, 0.4) is 0 Å². The third kappa shape index (κ3) is 5.24. The van der Waals surface area contributed by atoms with Crippen molar-refractivity contribution < 1.29 is 28.9 Å². The van der Waals surface area contributed by atoms with Crippen LogP contribution in [0.5, 0.6) is 17.2 Å². The summed E-state index contributed by atoms with van der Waals surface area (Å²) < 4.78 is 16.6. The molecule has 3 aromatic carbocycles. The van der Waals surface area contributed by atoms with E-state index in [1.807, 2.05) is 37.3 Å². The smallest absolute Gasteiger partial charge is 0.330 e. The third-order valence-electron chi connectivity index (χ3n) is 6.32. The van der Waals surface area contributed by atoms with Crippen LogP contribution in [0.15, 0.2) is 60.7 Å². The molecular weight excluding hydrogens is 446 g/mol. The van der Waals surface area contributed by atoms with Gasteiger partial charge in [0.15, 0.2) is 11.5 Å². The number of fused-ring (bicyclic) bond motifs is 1. The minimum atomic E-state index is -1.43. The zero-order valence-corrected chi connectivity index (χ0v) is 20.1. The van der Waals surface area contributed by atoms with Crippen LogP contribution < -0.4 is 19.5 Å².